The smallest absolute Gasteiger partial charge is 0.0635 e. The lowest BCUT2D eigenvalue weighted by atomic mass is 10.2. The van der Waals surface area contributed by atoms with E-state index in [1.807, 2.05) is 17.4 Å². The maximum absolute atomic E-state index is 8.78. The fourth-order valence-electron chi connectivity index (χ4n) is 2.05. The summed E-state index contributed by atoms with van der Waals surface area (Å²) in [6.07, 6.45) is 0.581. The number of nitrogens with zero attached hydrogens (tertiary/aromatic N) is 2. The Morgan fingerprint density at radius 1 is 1.11 bits per heavy atom. The molecule has 0 aliphatic rings. The standard InChI is InChI=1S/C16H18N2S/c1-14-8-9-16(19-14)13-18(11-5-10-17)12-15-6-3-2-4-7-15/h2-4,6-9H,5,11-13H2,1H3. The van der Waals surface area contributed by atoms with E-state index in [-0.39, 0.29) is 0 Å². The van der Waals surface area contributed by atoms with Crippen LogP contribution in [0.3, 0.4) is 0 Å². The lowest BCUT2D eigenvalue weighted by Crippen LogP contribution is -2.23. The molecule has 19 heavy (non-hydrogen) atoms. The second kappa shape index (κ2) is 7.08. The van der Waals surface area contributed by atoms with E-state index in [4.69, 9.17) is 5.26 Å². The summed E-state index contributed by atoms with van der Waals surface area (Å²) in [5, 5.41) is 8.78. The predicted octanol–water partition coefficient (Wildman–Crippen LogP) is 3.97. The van der Waals surface area contributed by atoms with E-state index in [2.05, 4.69) is 54.3 Å². The van der Waals surface area contributed by atoms with Gasteiger partial charge in [-0.3, -0.25) is 4.90 Å². The van der Waals surface area contributed by atoms with Crippen LogP contribution in [0.2, 0.25) is 0 Å². The molecule has 0 unspecified atom stereocenters. The third-order valence-corrected chi connectivity index (χ3v) is 3.95. The average Bonchev–Trinajstić information content (AvgIpc) is 2.82. The lowest BCUT2D eigenvalue weighted by Gasteiger charge is -2.20. The van der Waals surface area contributed by atoms with Gasteiger partial charge in [0, 0.05) is 35.8 Å². The van der Waals surface area contributed by atoms with Gasteiger partial charge < -0.3 is 0 Å². The maximum Gasteiger partial charge on any atom is 0.0635 e. The Bertz CT molecular complexity index is 539. The lowest BCUT2D eigenvalue weighted by molar-refractivity contribution is 0.265. The molecule has 1 heterocycles. The second-order valence-corrected chi connectivity index (χ2v) is 5.99. The Morgan fingerprint density at radius 2 is 1.89 bits per heavy atom. The summed E-state index contributed by atoms with van der Waals surface area (Å²) in [6, 6.07) is 17.0. The van der Waals surface area contributed by atoms with Crippen molar-refractivity contribution in [2.75, 3.05) is 6.54 Å². The van der Waals surface area contributed by atoms with Gasteiger partial charge in [0.1, 0.15) is 0 Å². The molecule has 2 aromatic rings. The zero-order valence-electron chi connectivity index (χ0n) is 11.2. The fourth-order valence-corrected chi connectivity index (χ4v) is 2.99. The number of hydrogen-bond donors (Lipinski definition) is 0. The summed E-state index contributed by atoms with van der Waals surface area (Å²) < 4.78 is 0. The molecule has 0 amide bonds. The first-order chi connectivity index (χ1) is 9.28. The Hall–Kier alpha value is -1.63. The summed E-state index contributed by atoms with van der Waals surface area (Å²) in [6.45, 7) is 4.78. The monoisotopic (exact) mass is 270 g/mol. The molecule has 1 aromatic carbocycles. The molecule has 98 valence electrons. The van der Waals surface area contributed by atoms with Gasteiger partial charge in [0.25, 0.3) is 0 Å². The van der Waals surface area contributed by atoms with Crippen LogP contribution in [-0.2, 0) is 13.1 Å². The van der Waals surface area contributed by atoms with Crippen molar-refractivity contribution in [1.29, 1.82) is 5.26 Å². The second-order valence-electron chi connectivity index (χ2n) is 4.62. The number of thiophene rings is 1. The number of hydrogen-bond acceptors (Lipinski definition) is 3. The van der Waals surface area contributed by atoms with E-state index in [1.54, 1.807) is 0 Å². The van der Waals surface area contributed by atoms with Crippen molar-refractivity contribution < 1.29 is 0 Å². The van der Waals surface area contributed by atoms with E-state index in [0.717, 1.165) is 19.6 Å². The number of benzene rings is 1. The summed E-state index contributed by atoms with van der Waals surface area (Å²) in [7, 11) is 0. The van der Waals surface area contributed by atoms with E-state index in [1.165, 1.54) is 15.3 Å². The van der Waals surface area contributed by atoms with Gasteiger partial charge in [0.15, 0.2) is 0 Å². The molecular formula is C16H18N2S. The molecule has 1 aromatic heterocycles. The minimum absolute atomic E-state index is 0.581. The van der Waals surface area contributed by atoms with Gasteiger partial charge in [0.05, 0.1) is 6.07 Å². The Morgan fingerprint density at radius 3 is 2.53 bits per heavy atom. The molecule has 0 radical (unpaired) electrons. The van der Waals surface area contributed by atoms with Gasteiger partial charge in [-0.1, -0.05) is 30.3 Å². The van der Waals surface area contributed by atoms with E-state index in [9.17, 15) is 0 Å². The Labute approximate surface area is 118 Å². The normalized spacial score (nSPS) is 10.6. The molecule has 0 saturated carbocycles. The molecule has 2 rings (SSSR count). The van der Waals surface area contributed by atoms with Crippen LogP contribution in [0.1, 0.15) is 21.7 Å². The highest BCUT2D eigenvalue weighted by atomic mass is 32.1. The zero-order valence-corrected chi connectivity index (χ0v) is 12.0. The predicted molar refractivity (Wildman–Crippen MR) is 79.8 cm³/mol. The minimum atomic E-state index is 0.581. The van der Waals surface area contributed by atoms with Crippen molar-refractivity contribution in [2.45, 2.75) is 26.4 Å². The molecule has 0 saturated heterocycles. The summed E-state index contributed by atoms with van der Waals surface area (Å²) >= 11 is 1.84. The molecule has 2 nitrogen and oxygen atoms in total. The van der Waals surface area contributed by atoms with E-state index in [0.29, 0.717) is 6.42 Å². The quantitative estimate of drug-likeness (QED) is 0.794. The van der Waals surface area contributed by atoms with Crippen LogP contribution in [0.15, 0.2) is 42.5 Å². The van der Waals surface area contributed by atoms with Crippen molar-refractivity contribution in [1.82, 2.24) is 4.90 Å². The first-order valence-corrected chi connectivity index (χ1v) is 7.28. The van der Waals surface area contributed by atoms with Crippen LogP contribution in [0.4, 0.5) is 0 Å². The van der Waals surface area contributed by atoms with E-state index >= 15 is 0 Å². The van der Waals surface area contributed by atoms with Crippen molar-refractivity contribution in [2.24, 2.45) is 0 Å². The van der Waals surface area contributed by atoms with Gasteiger partial charge in [-0.25, -0.2) is 0 Å². The molecule has 0 aliphatic heterocycles. The van der Waals surface area contributed by atoms with Crippen LogP contribution < -0.4 is 0 Å². The summed E-state index contributed by atoms with van der Waals surface area (Å²) in [5.74, 6) is 0. The average molecular weight is 270 g/mol. The first kappa shape index (κ1) is 13.8. The van der Waals surface area contributed by atoms with Crippen LogP contribution in [0.5, 0.6) is 0 Å². The molecule has 0 fully saturated rings. The third-order valence-electron chi connectivity index (χ3n) is 2.96. The first-order valence-electron chi connectivity index (χ1n) is 6.46. The van der Waals surface area contributed by atoms with Crippen molar-refractivity contribution in [3.63, 3.8) is 0 Å². The number of aryl methyl sites for hydroxylation is 1. The highest BCUT2D eigenvalue weighted by Crippen LogP contribution is 2.18. The highest BCUT2D eigenvalue weighted by molar-refractivity contribution is 7.11. The molecule has 0 bridgehead atoms. The maximum atomic E-state index is 8.78. The minimum Gasteiger partial charge on any atom is -0.293 e. The zero-order chi connectivity index (χ0) is 13.5. The largest absolute Gasteiger partial charge is 0.293 e. The van der Waals surface area contributed by atoms with E-state index < -0.39 is 0 Å². The van der Waals surface area contributed by atoms with Crippen LogP contribution in [-0.4, -0.2) is 11.4 Å². The summed E-state index contributed by atoms with van der Waals surface area (Å²) in [5.41, 5.74) is 1.30. The van der Waals surface area contributed by atoms with Gasteiger partial charge >= 0.3 is 0 Å². The van der Waals surface area contributed by atoms with Gasteiger partial charge in [-0.05, 0) is 24.6 Å². The van der Waals surface area contributed by atoms with Crippen LogP contribution in [0.25, 0.3) is 0 Å². The molecule has 0 aliphatic carbocycles. The fraction of sp³-hybridized carbons (Fsp3) is 0.312. The molecule has 3 heteroatoms. The highest BCUT2D eigenvalue weighted by Gasteiger charge is 2.08. The summed E-state index contributed by atoms with van der Waals surface area (Å²) in [4.78, 5) is 5.05. The molecule has 0 spiro atoms. The van der Waals surface area contributed by atoms with Crippen molar-refractivity contribution >= 4 is 11.3 Å². The van der Waals surface area contributed by atoms with Crippen molar-refractivity contribution in [3.8, 4) is 6.07 Å². The Kier molecular flexibility index (Phi) is 5.14. The van der Waals surface area contributed by atoms with Gasteiger partial charge in [-0.15, -0.1) is 11.3 Å². The van der Waals surface area contributed by atoms with Gasteiger partial charge in [0.2, 0.25) is 0 Å². The molecule has 0 N–H and O–H groups in total. The van der Waals surface area contributed by atoms with Crippen molar-refractivity contribution in [3.05, 3.63) is 57.8 Å². The van der Waals surface area contributed by atoms with Gasteiger partial charge in [-0.2, -0.15) is 5.26 Å². The Balaban J connectivity index is 2.01. The van der Waals surface area contributed by atoms with Crippen LogP contribution >= 0.6 is 11.3 Å². The number of rotatable bonds is 6. The topological polar surface area (TPSA) is 27.0 Å². The molecular weight excluding hydrogens is 252 g/mol. The number of nitriles is 1. The third kappa shape index (κ3) is 4.51. The van der Waals surface area contributed by atoms with Crippen LogP contribution in [0, 0.1) is 18.3 Å². The SMILES string of the molecule is Cc1ccc(CN(CCC#N)Cc2ccccc2)s1. The molecule has 0 atom stereocenters.